The van der Waals surface area contributed by atoms with Gasteiger partial charge in [-0.1, -0.05) is 48.0 Å². The summed E-state index contributed by atoms with van der Waals surface area (Å²) < 4.78 is 0. The van der Waals surface area contributed by atoms with Crippen LogP contribution in [-0.2, 0) is 9.59 Å². The second-order valence-electron chi connectivity index (χ2n) is 8.15. The van der Waals surface area contributed by atoms with Gasteiger partial charge in [0.15, 0.2) is 5.78 Å². The van der Waals surface area contributed by atoms with E-state index in [9.17, 15) is 29.3 Å². The number of rotatable bonds is 6. The number of hydrogen-bond donors (Lipinski definition) is 0. The molecule has 1 fully saturated rings. The number of non-ortho nitro benzene ring substituents is 1. The maximum atomic E-state index is 13.4. The predicted octanol–water partition coefficient (Wildman–Crippen LogP) is 3.18. The fourth-order valence-electron chi connectivity index (χ4n) is 4.24. The fraction of sp³-hybridized carbons (Fsp3) is 0.250. The summed E-state index contributed by atoms with van der Waals surface area (Å²) >= 11 is 0. The fourth-order valence-corrected chi connectivity index (χ4v) is 4.24. The van der Waals surface area contributed by atoms with E-state index in [0.717, 1.165) is 21.7 Å². The third-order valence-electron chi connectivity index (χ3n) is 5.97. The molecule has 0 aromatic heterocycles. The van der Waals surface area contributed by atoms with Crippen molar-refractivity contribution >= 4 is 29.2 Å². The Morgan fingerprint density at radius 3 is 2.39 bits per heavy atom. The molecule has 2 aromatic rings. The Kier molecular flexibility index (Phi) is 5.87. The number of nitro groups is 1. The van der Waals surface area contributed by atoms with Gasteiger partial charge in [0.25, 0.3) is 23.4 Å². The minimum absolute atomic E-state index is 0.102. The van der Waals surface area contributed by atoms with E-state index in [0.29, 0.717) is 18.4 Å². The van der Waals surface area contributed by atoms with E-state index in [1.165, 1.54) is 18.2 Å². The first-order valence-electron chi connectivity index (χ1n) is 10.5. The molecule has 9 nitrogen and oxygen atoms in total. The van der Waals surface area contributed by atoms with E-state index < -0.39 is 46.8 Å². The zero-order chi connectivity index (χ0) is 23.7. The molecule has 1 heterocycles. The summed E-state index contributed by atoms with van der Waals surface area (Å²) in [5, 5.41) is 12.8. The number of nitrogens with zero attached hydrogens (tertiary/aromatic N) is 3. The monoisotopic (exact) mass is 447 g/mol. The molecule has 0 saturated carbocycles. The SMILES string of the molecule is CC1=CC[C@H]2C(=O)N(N(CC(=O)c3ccccc3)C(=O)c3cccc([N+](=O)[O-])c3)C(=O)[C@H]2C1. The highest BCUT2D eigenvalue weighted by atomic mass is 16.6. The number of nitro benzene ring substituents is 1. The number of fused-ring (bicyclic) bond motifs is 1. The third kappa shape index (κ3) is 4.17. The molecule has 0 unspecified atom stereocenters. The molecule has 4 rings (SSSR count). The lowest BCUT2D eigenvalue weighted by molar-refractivity contribution is -0.384. The molecule has 2 aliphatic rings. The van der Waals surface area contributed by atoms with Crippen LogP contribution in [0.1, 0.15) is 40.5 Å². The van der Waals surface area contributed by atoms with Gasteiger partial charge < -0.3 is 0 Å². The van der Waals surface area contributed by atoms with Gasteiger partial charge in [-0.05, 0) is 25.8 Å². The number of hydrogen-bond acceptors (Lipinski definition) is 6. The molecule has 0 radical (unpaired) electrons. The molecule has 3 amide bonds. The molecule has 0 bridgehead atoms. The standard InChI is InChI=1S/C24H21N3O6/c1-15-10-11-19-20(12-15)24(31)26(23(19)30)25(14-21(28)16-6-3-2-4-7-16)22(29)17-8-5-9-18(13-17)27(32)33/h2-10,13,19-20H,11-12,14H2,1H3/t19-,20+/m1/s1. The van der Waals surface area contributed by atoms with Crippen molar-refractivity contribution < 1.29 is 24.1 Å². The van der Waals surface area contributed by atoms with Crippen molar-refractivity contribution in [2.45, 2.75) is 19.8 Å². The number of ketones is 1. The van der Waals surface area contributed by atoms with Gasteiger partial charge in [-0.15, -0.1) is 0 Å². The first kappa shape index (κ1) is 22.1. The number of amides is 3. The van der Waals surface area contributed by atoms with Crippen LogP contribution in [0.3, 0.4) is 0 Å². The zero-order valence-electron chi connectivity index (χ0n) is 17.8. The van der Waals surface area contributed by atoms with Gasteiger partial charge in [-0.2, -0.15) is 5.01 Å². The van der Waals surface area contributed by atoms with Crippen molar-refractivity contribution in [2.75, 3.05) is 6.54 Å². The van der Waals surface area contributed by atoms with Crippen LogP contribution >= 0.6 is 0 Å². The quantitative estimate of drug-likeness (QED) is 0.221. The Balaban J connectivity index is 1.72. The number of benzene rings is 2. The second-order valence-corrected chi connectivity index (χ2v) is 8.15. The summed E-state index contributed by atoms with van der Waals surface area (Å²) in [6, 6.07) is 13.2. The maximum Gasteiger partial charge on any atom is 0.273 e. The van der Waals surface area contributed by atoms with Crippen molar-refractivity contribution in [3.63, 3.8) is 0 Å². The molecule has 2 atom stereocenters. The lowest BCUT2D eigenvalue weighted by atomic mass is 9.82. The number of carbonyl (C=O) groups is 4. The van der Waals surface area contributed by atoms with Crippen molar-refractivity contribution in [1.82, 2.24) is 10.0 Å². The van der Waals surface area contributed by atoms with E-state index in [1.807, 2.05) is 13.0 Å². The van der Waals surface area contributed by atoms with Crippen molar-refractivity contribution in [3.05, 3.63) is 87.5 Å². The minimum atomic E-state index is -0.840. The van der Waals surface area contributed by atoms with Gasteiger partial charge in [0, 0.05) is 23.3 Å². The second kappa shape index (κ2) is 8.78. The molecule has 9 heteroatoms. The van der Waals surface area contributed by atoms with Crippen LogP contribution in [0.4, 0.5) is 5.69 Å². The zero-order valence-corrected chi connectivity index (χ0v) is 17.8. The van der Waals surface area contributed by atoms with Gasteiger partial charge >= 0.3 is 0 Å². The van der Waals surface area contributed by atoms with Gasteiger partial charge in [-0.3, -0.25) is 29.3 Å². The van der Waals surface area contributed by atoms with E-state index in [1.54, 1.807) is 30.3 Å². The van der Waals surface area contributed by atoms with E-state index in [-0.39, 0.29) is 11.3 Å². The summed E-state index contributed by atoms with van der Waals surface area (Å²) in [7, 11) is 0. The first-order chi connectivity index (χ1) is 15.8. The highest BCUT2D eigenvalue weighted by Crippen LogP contribution is 2.38. The Bertz CT molecular complexity index is 1190. The molecule has 0 spiro atoms. The lowest BCUT2D eigenvalue weighted by Gasteiger charge is -2.30. The molecule has 2 aromatic carbocycles. The van der Waals surface area contributed by atoms with Gasteiger partial charge in [0.05, 0.1) is 16.8 Å². The maximum absolute atomic E-state index is 13.4. The molecular weight excluding hydrogens is 426 g/mol. The van der Waals surface area contributed by atoms with Crippen molar-refractivity contribution in [1.29, 1.82) is 0 Å². The van der Waals surface area contributed by atoms with Crippen molar-refractivity contribution in [3.8, 4) is 0 Å². The average molecular weight is 447 g/mol. The number of carbonyl (C=O) groups excluding carboxylic acids is 4. The van der Waals surface area contributed by atoms with Crippen LogP contribution in [0.5, 0.6) is 0 Å². The Labute approximate surface area is 189 Å². The molecular formula is C24H21N3O6. The summed E-state index contributed by atoms with van der Waals surface area (Å²) in [6.07, 6.45) is 2.68. The number of hydrazine groups is 1. The first-order valence-corrected chi connectivity index (χ1v) is 10.5. The van der Waals surface area contributed by atoms with Crippen molar-refractivity contribution in [2.24, 2.45) is 11.8 Å². The van der Waals surface area contributed by atoms with Gasteiger partial charge in [0.2, 0.25) is 0 Å². The number of allylic oxidation sites excluding steroid dienone is 2. The van der Waals surface area contributed by atoms with E-state index in [2.05, 4.69) is 0 Å². The Morgan fingerprint density at radius 1 is 1.03 bits per heavy atom. The Morgan fingerprint density at radius 2 is 1.70 bits per heavy atom. The highest BCUT2D eigenvalue weighted by Gasteiger charge is 2.51. The van der Waals surface area contributed by atoms with Crippen LogP contribution in [0.2, 0.25) is 0 Å². The number of imide groups is 1. The largest absolute Gasteiger partial charge is 0.292 e. The third-order valence-corrected chi connectivity index (χ3v) is 5.97. The topological polar surface area (TPSA) is 118 Å². The van der Waals surface area contributed by atoms with Gasteiger partial charge in [0.1, 0.15) is 6.54 Å². The normalized spacial score (nSPS) is 19.7. The van der Waals surface area contributed by atoms with Crippen LogP contribution < -0.4 is 0 Å². The minimum Gasteiger partial charge on any atom is -0.292 e. The van der Waals surface area contributed by atoms with Gasteiger partial charge in [-0.25, -0.2) is 5.01 Å². The molecule has 1 aliphatic carbocycles. The van der Waals surface area contributed by atoms with Crippen LogP contribution in [0.15, 0.2) is 66.2 Å². The summed E-state index contributed by atoms with van der Waals surface area (Å²) in [5.41, 5.74) is 0.872. The summed E-state index contributed by atoms with van der Waals surface area (Å²) in [6.45, 7) is 1.32. The predicted molar refractivity (Wildman–Crippen MR) is 117 cm³/mol. The highest BCUT2D eigenvalue weighted by molar-refractivity contribution is 6.09. The van der Waals surface area contributed by atoms with Crippen LogP contribution in [0, 0.1) is 22.0 Å². The van der Waals surface area contributed by atoms with Crippen LogP contribution in [0.25, 0.3) is 0 Å². The molecule has 1 saturated heterocycles. The molecule has 1 aliphatic heterocycles. The Hall–Kier alpha value is -4.14. The van der Waals surface area contributed by atoms with E-state index in [4.69, 9.17) is 0 Å². The summed E-state index contributed by atoms with van der Waals surface area (Å²) in [4.78, 5) is 63.3. The molecule has 0 N–H and O–H groups in total. The average Bonchev–Trinajstić information content (AvgIpc) is 3.06. The molecule has 168 valence electrons. The number of Topliss-reactive ketones (excluding diaryl/α,β-unsaturated/α-hetero) is 1. The summed E-state index contributed by atoms with van der Waals surface area (Å²) in [5.74, 6) is -3.61. The van der Waals surface area contributed by atoms with E-state index >= 15 is 0 Å². The lowest BCUT2D eigenvalue weighted by Crippen LogP contribution is -2.52. The smallest absolute Gasteiger partial charge is 0.273 e. The van der Waals surface area contributed by atoms with Crippen LogP contribution in [-0.4, -0.2) is 45.0 Å². The molecule has 33 heavy (non-hydrogen) atoms.